The number of aromatic amines is 1. The minimum absolute atomic E-state index is 0.157. The molecule has 0 unspecified atom stereocenters. The smallest absolute Gasteiger partial charge is 0.195 e. The van der Waals surface area contributed by atoms with Crippen LogP contribution in [0.4, 0.5) is 0 Å². The van der Waals surface area contributed by atoms with Crippen molar-refractivity contribution in [2.24, 2.45) is 0 Å². The first-order chi connectivity index (χ1) is 8.30. The van der Waals surface area contributed by atoms with Crippen molar-refractivity contribution in [2.75, 3.05) is 0 Å². The van der Waals surface area contributed by atoms with Gasteiger partial charge in [0.05, 0.1) is 5.02 Å². The van der Waals surface area contributed by atoms with Crippen LogP contribution >= 0.6 is 39.7 Å². The Morgan fingerprint density at radius 2 is 2.06 bits per heavy atom. The number of halogens is 2. The molecule has 0 aliphatic rings. The van der Waals surface area contributed by atoms with Gasteiger partial charge in [0.15, 0.2) is 10.6 Å². The quantitative estimate of drug-likeness (QED) is 0.754. The van der Waals surface area contributed by atoms with Crippen LogP contribution in [0, 0.1) is 4.77 Å². The van der Waals surface area contributed by atoms with Gasteiger partial charge in [0.1, 0.15) is 0 Å². The second-order valence-corrected chi connectivity index (χ2v) is 6.69. The normalized spacial score (nSPS) is 11.8. The van der Waals surface area contributed by atoms with Gasteiger partial charge in [-0.15, -0.1) is 0 Å². The van der Waals surface area contributed by atoms with Crippen LogP contribution in [0.1, 0.15) is 20.8 Å². The fourth-order valence-corrected chi connectivity index (χ4v) is 2.93. The lowest BCUT2D eigenvalue weighted by molar-refractivity contribution is 0.395. The fraction of sp³-hybridized carbons (Fsp3) is 0.333. The van der Waals surface area contributed by atoms with E-state index < -0.39 is 0 Å². The van der Waals surface area contributed by atoms with E-state index in [0.717, 1.165) is 15.9 Å². The molecule has 0 fully saturated rings. The highest BCUT2D eigenvalue weighted by Crippen LogP contribution is 2.31. The average Bonchev–Trinajstić information content (AvgIpc) is 2.59. The van der Waals surface area contributed by atoms with Crippen molar-refractivity contribution in [3.8, 4) is 11.4 Å². The van der Waals surface area contributed by atoms with Crippen molar-refractivity contribution in [3.05, 3.63) is 32.5 Å². The number of benzene rings is 1. The zero-order valence-corrected chi connectivity index (χ0v) is 13.4. The fourth-order valence-electron chi connectivity index (χ4n) is 1.77. The summed E-state index contributed by atoms with van der Waals surface area (Å²) in [5, 5.41) is 7.76. The van der Waals surface area contributed by atoms with Crippen LogP contribution in [0.15, 0.2) is 22.7 Å². The summed E-state index contributed by atoms with van der Waals surface area (Å²) in [6.07, 6.45) is 0. The monoisotopic (exact) mass is 345 g/mol. The number of hydrogen-bond acceptors (Lipinski definition) is 2. The van der Waals surface area contributed by atoms with Gasteiger partial charge in [0, 0.05) is 15.6 Å². The van der Waals surface area contributed by atoms with Gasteiger partial charge in [-0.25, -0.2) is 0 Å². The molecule has 2 aromatic rings. The molecular formula is C12H13BrClN3S. The predicted molar refractivity (Wildman–Crippen MR) is 80.6 cm³/mol. The van der Waals surface area contributed by atoms with Gasteiger partial charge in [0.25, 0.3) is 0 Å². The summed E-state index contributed by atoms with van der Waals surface area (Å²) in [5.74, 6) is 0.755. The molecule has 1 aromatic heterocycles. The summed E-state index contributed by atoms with van der Waals surface area (Å²) < 4.78 is 3.50. The van der Waals surface area contributed by atoms with Crippen molar-refractivity contribution in [1.82, 2.24) is 14.8 Å². The average molecular weight is 347 g/mol. The second kappa shape index (κ2) is 4.79. The van der Waals surface area contributed by atoms with Crippen molar-refractivity contribution < 1.29 is 0 Å². The summed E-state index contributed by atoms with van der Waals surface area (Å²) in [6.45, 7) is 6.23. The van der Waals surface area contributed by atoms with Crippen molar-refractivity contribution >= 4 is 39.7 Å². The molecule has 1 heterocycles. The molecule has 96 valence electrons. The lowest BCUT2D eigenvalue weighted by atomic mass is 10.1. The molecule has 0 bridgehead atoms. The number of aromatic nitrogens is 3. The molecule has 0 aliphatic carbocycles. The summed E-state index contributed by atoms with van der Waals surface area (Å²) in [7, 11) is 0. The summed E-state index contributed by atoms with van der Waals surface area (Å²) in [6, 6.07) is 5.72. The maximum atomic E-state index is 6.26. The molecular weight excluding hydrogens is 334 g/mol. The molecule has 0 spiro atoms. The van der Waals surface area contributed by atoms with E-state index >= 15 is 0 Å². The highest BCUT2D eigenvalue weighted by molar-refractivity contribution is 9.10. The molecule has 0 atom stereocenters. The van der Waals surface area contributed by atoms with E-state index in [0.29, 0.717) is 9.79 Å². The van der Waals surface area contributed by atoms with E-state index in [1.807, 2.05) is 22.8 Å². The molecule has 2 rings (SSSR count). The van der Waals surface area contributed by atoms with Crippen LogP contribution in [-0.2, 0) is 5.54 Å². The molecule has 6 heteroatoms. The van der Waals surface area contributed by atoms with Crippen molar-refractivity contribution in [1.29, 1.82) is 0 Å². The summed E-state index contributed by atoms with van der Waals surface area (Å²) in [4.78, 5) is 0. The Hall–Kier alpha value is -0.650. The lowest BCUT2D eigenvalue weighted by Gasteiger charge is -2.22. The third kappa shape index (κ3) is 2.53. The number of nitrogens with one attached hydrogen (secondary N) is 1. The largest absolute Gasteiger partial charge is 0.295 e. The third-order valence-corrected chi connectivity index (χ3v) is 3.60. The zero-order chi connectivity index (χ0) is 13.5. The number of hydrogen-bond donors (Lipinski definition) is 1. The Morgan fingerprint density at radius 3 is 2.61 bits per heavy atom. The van der Waals surface area contributed by atoms with Gasteiger partial charge in [-0.2, -0.15) is 5.10 Å². The molecule has 0 aliphatic heterocycles. The topological polar surface area (TPSA) is 33.6 Å². The van der Waals surface area contributed by atoms with Gasteiger partial charge < -0.3 is 0 Å². The van der Waals surface area contributed by atoms with Gasteiger partial charge in [0.2, 0.25) is 0 Å². The van der Waals surface area contributed by atoms with Crippen LogP contribution in [-0.4, -0.2) is 14.8 Å². The van der Waals surface area contributed by atoms with Crippen LogP contribution in [0.3, 0.4) is 0 Å². The summed E-state index contributed by atoms with van der Waals surface area (Å²) >= 11 is 14.9. The molecule has 0 amide bonds. The van der Waals surface area contributed by atoms with Gasteiger partial charge in [-0.1, -0.05) is 27.5 Å². The van der Waals surface area contributed by atoms with Crippen molar-refractivity contribution in [2.45, 2.75) is 26.3 Å². The molecule has 1 N–H and O–H groups in total. The minimum Gasteiger partial charge on any atom is -0.295 e. The first kappa shape index (κ1) is 13.8. The first-order valence-corrected chi connectivity index (χ1v) is 7.02. The Balaban J connectivity index is 2.69. The number of H-pyrrole nitrogens is 1. The van der Waals surface area contributed by atoms with Crippen LogP contribution in [0.2, 0.25) is 5.02 Å². The standard InChI is InChI=1S/C12H13BrClN3S/c1-12(2,3)17-10(15-16-11(17)18)8-5-4-7(13)6-9(8)14/h4-6H,1-3H3,(H,16,18). The second-order valence-electron chi connectivity index (χ2n) is 4.98. The SMILES string of the molecule is CC(C)(C)n1c(-c2ccc(Br)cc2Cl)n[nH]c1=S. The number of rotatable bonds is 1. The maximum Gasteiger partial charge on any atom is 0.195 e. The van der Waals surface area contributed by atoms with Gasteiger partial charge in [-0.3, -0.25) is 9.67 Å². The first-order valence-electron chi connectivity index (χ1n) is 5.44. The molecule has 0 radical (unpaired) electrons. The third-order valence-electron chi connectivity index (χ3n) is 2.52. The minimum atomic E-state index is -0.157. The molecule has 0 saturated heterocycles. The Labute approximate surface area is 124 Å². The molecule has 0 saturated carbocycles. The Kier molecular flexibility index (Phi) is 3.67. The maximum absolute atomic E-state index is 6.26. The van der Waals surface area contributed by atoms with Crippen LogP contribution in [0.5, 0.6) is 0 Å². The van der Waals surface area contributed by atoms with Crippen molar-refractivity contribution in [3.63, 3.8) is 0 Å². The van der Waals surface area contributed by atoms with E-state index in [1.165, 1.54) is 0 Å². The van der Waals surface area contributed by atoms with Gasteiger partial charge in [-0.05, 0) is 51.2 Å². The van der Waals surface area contributed by atoms with E-state index in [2.05, 4.69) is 46.9 Å². The zero-order valence-electron chi connectivity index (χ0n) is 10.3. The van der Waals surface area contributed by atoms with Crippen LogP contribution < -0.4 is 0 Å². The Morgan fingerprint density at radius 1 is 1.39 bits per heavy atom. The predicted octanol–water partition coefficient (Wildman–Crippen LogP) is 4.78. The van der Waals surface area contributed by atoms with E-state index in [4.69, 9.17) is 23.8 Å². The van der Waals surface area contributed by atoms with E-state index in [1.54, 1.807) is 0 Å². The number of nitrogens with zero attached hydrogens (tertiary/aromatic N) is 2. The molecule has 18 heavy (non-hydrogen) atoms. The van der Waals surface area contributed by atoms with E-state index in [9.17, 15) is 0 Å². The van der Waals surface area contributed by atoms with Gasteiger partial charge >= 0.3 is 0 Å². The highest BCUT2D eigenvalue weighted by atomic mass is 79.9. The van der Waals surface area contributed by atoms with Crippen LogP contribution in [0.25, 0.3) is 11.4 Å². The molecule has 1 aromatic carbocycles. The molecule has 3 nitrogen and oxygen atoms in total. The van der Waals surface area contributed by atoms with E-state index in [-0.39, 0.29) is 5.54 Å². The highest BCUT2D eigenvalue weighted by Gasteiger charge is 2.21. The summed E-state index contributed by atoms with van der Waals surface area (Å²) in [5.41, 5.74) is 0.706. The Bertz CT molecular complexity index is 640. The lowest BCUT2D eigenvalue weighted by Crippen LogP contribution is -2.23.